The lowest BCUT2D eigenvalue weighted by Gasteiger charge is -2.30. The molecule has 1 amide bonds. The van der Waals surface area contributed by atoms with Crippen LogP contribution in [0.15, 0.2) is 24.5 Å². The molecule has 2 unspecified atom stereocenters. The van der Waals surface area contributed by atoms with E-state index in [1.165, 1.54) is 0 Å². The van der Waals surface area contributed by atoms with Crippen LogP contribution in [-0.4, -0.2) is 41.5 Å². The molecule has 104 valence electrons. The van der Waals surface area contributed by atoms with Crippen molar-refractivity contribution in [1.29, 1.82) is 0 Å². The number of amides is 1. The van der Waals surface area contributed by atoms with E-state index >= 15 is 0 Å². The fraction of sp³-hybridized carbons (Fsp3) is 0.571. The number of nitrogens with zero attached hydrogens (tertiary/aromatic N) is 2. The van der Waals surface area contributed by atoms with Gasteiger partial charge >= 0.3 is 0 Å². The predicted molar refractivity (Wildman–Crippen MR) is 74.4 cm³/mol. The van der Waals surface area contributed by atoms with E-state index in [1.54, 1.807) is 6.20 Å². The van der Waals surface area contributed by atoms with Gasteiger partial charge in [0.1, 0.15) is 0 Å². The number of carbonyl (C=O) groups is 1. The van der Waals surface area contributed by atoms with E-state index in [4.69, 9.17) is 5.73 Å². The van der Waals surface area contributed by atoms with Gasteiger partial charge in [0.15, 0.2) is 0 Å². The van der Waals surface area contributed by atoms with E-state index in [-0.39, 0.29) is 18.0 Å². The molecule has 0 aliphatic heterocycles. The predicted octanol–water partition coefficient (Wildman–Crippen LogP) is 0.680. The van der Waals surface area contributed by atoms with Gasteiger partial charge in [0.25, 0.3) is 0 Å². The number of nitrogens with one attached hydrogen (secondary N) is 1. The maximum absolute atomic E-state index is 11.9. The lowest BCUT2D eigenvalue weighted by atomic mass is 10.0. The molecule has 1 aliphatic carbocycles. The smallest absolute Gasteiger partial charge is 0.234 e. The van der Waals surface area contributed by atoms with Crippen LogP contribution in [0.25, 0.3) is 0 Å². The highest BCUT2D eigenvalue weighted by atomic mass is 16.2. The average molecular weight is 262 g/mol. The average Bonchev–Trinajstić information content (AvgIpc) is 3.13. The molecule has 1 aromatic heterocycles. The Kier molecular flexibility index (Phi) is 4.50. The summed E-state index contributed by atoms with van der Waals surface area (Å²) in [6.45, 7) is 2.31. The molecule has 5 nitrogen and oxygen atoms in total. The van der Waals surface area contributed by atoms with Crippen molar-refractivity contribution in [3.8, 4) is 0 Å². The lowest BCUT2D eigenvalue weighted by molar-refractivity contribution is -0.122. The van der Waals surface area contributed by atoms with Crippen LogP contribution in [0.3, 0.4) is 0 Å². The molecule has 1 aromatic rings. The Morgan fingerprint density at radius 3 is 2.89 bits per heavy atom. The van der Waals surface area contributed by atoms with Crippen LogP contribution >= 0.6 is 0 Å². The molecule has 19 heavy (non-hydrogen) atoms. The van der Waals surface area contributed by atoms with Gasteiger partial charge in [-0.2, -0.15) is 0 Å². The summed E-state index contributed by atoms with van der Waals surface area (Å²) in [6.07, 6.45) is 5.76. The number of carbonyl (C=O) groups excluding carboxylic acids is 1. The van der Waals surface area contributed by atoms with Gasteiger partial charge in [0, 0.05) is 24.5 Å². The normalized spacial score (nSPS) is 18.1. The van der Waals surface area contributed by atoms with Gasteiger partial charge in [-0.05, 0) is 38.4 Å². The van der Waals surface area contributed by atoms with Gasteiger partial charge in [-0.1, -0.05) is 6.07 Å². The molecule has 0 spiro atoms. The van der Waals surface area contributed by atoms with Crippen molar-refractivity contribution in [1.82, 2.24) is 15.2 Å². The topological polar surface area (TPSA) is 71.2 Å². The maximum atomic E-state index is 11.9. The van der Waals surface area contributed by atoms with Crippen LogP contribution < -0.4 is 11.1 Å². The van der Waals surface area contributed by atoms with Gasteiger partial charge in [-0.3, -0.25) is 14.7 Å². The molecular formula is C14H22N4O. The second-order valence-electron chi connectivity index (χ2n) is 5.35. The Labute approximate surface area is 114 Å². The third kappa shape index (κ3) is 4.01. The number of hydrogen-bond donors (Lipinski definition) is 2. The first-order valence-electron chi connectivity index (χ1n) is 6.73. The minimum Gasteiger partial charge on any atom is -0.352 e. The van der Waals surface area contributed by atoms with Crippen LogP contribution in [0.1, 0.15) is 31.4 Å². The first kappa shape index (κ1) is 14.0. The molecule has 2 atom stereocenters. The van der Waals surface area contributed by atoms with E-state index in [2.05, 4.69) is 10.3 Å². The summed E-state index contributed by atoms with van der Waals surface area (Å²) >= 11 is 0. The van der Waals surface area contributed by atoms with E-state index < -0.39 is 0 Å². The standard InChI is InChI=1S/C14H22N4O/c1-10(15)14(11-4-3-7-16-8-11)18(2)9-13(19)17-12-5-6-12/h3-4,7-8,10,12,14H,5-6,9,15H2,1-2H3,(H,17,19). The molecule has 3 N–H and O–H groups in total. The summed E-state index contributed by atoms with van der Waals surface area (Å²) in [6, 6.07) is 4.22. The second kappa shape index (κ2) is 6.12. The number of likely N-dealkylation sites (N-methyl/N-ethyl adjacent to an activating group) is 1. The highest BCUT2D eigenvalue weighted by molar-refractivity contribution is 5.78. The zero-order valence-corrected chi connectivity index (χ0v) is 11.5. The zero-order valence-electron chi connectivity index (χ0n) is 11.5. The second-order valence-corrected chi connectivity index (χ2v) is 5.35. The van der Waals surface area contributed by atoms with Crippen molar-refractivity contribution in [3.63, 3.8) is 0 Å². The molecule has 0 aromatic carbocycles. The Balaban J connectivity index is 1.99. The van der Waals surface area contributed by atoms with E-state index in [1.807, 2.05) is 37.2 Å². The van der Waals surface area contributed by atoms with Crippen LogP contribution in [0, 0.1) is 0 Å². The fourth-order valence-electron chi connectivity index (χ4n) is 2.34. The molecule has 1 aliphatic rings. The summed E-state index contributed by atoms with van der Waals surface area (Å²) in [4.78, 5) is 18.0. The van der Waals surface area contributed by atoms with E-state index in [0.29, 0.717) is 12.6 Å². The molecular weight excluding hydrogens is 240 g/mol. The van der Waals surface area contributed by atoms with Crippen molar-refractivity contribution in [2.45, 2.75) is 37.9 Å². The van der Waals surface area contributed by atoms with Crippen LogP contribution in [-0.2, 0) is 4.79 Å². The number of aromatic nitrogens is 1. The van der Waals surface area contributed by atoms with Gasteiger partial charge < -0.3 is 11.1 Å². The Bertz CT molecular complexity index is 417. The van der Waals surface area contributed by atoms with E-state index in [0.717, 1.165) is 18.4 Å². The molecule has 1 heterocycles. The zero-order chi connectivity index (χ0) is 13.8. The first-order valence-corrected chi connectivity index (χ1v) is 6.73. The molecule has 0 bridgehead atoms. The van der Waals surface area contributed by atoms with Crippen LogP contribution in [0.2, 0.25) is 0 Å². The molecule has 0 saturated heterocycles. The fourth-order valence-corrected chi connectivity index (χ4v) is 2.34. The van der Waals surface area contributed by atoms with Crippen LogP contribution in [0.5, 0.6) is 0 Å². The quantitative estimate of drug-likeness (QED) is 0.791. The van der Waals surface area contributed by atoms with Gasteiger partial charge in [-0.25, -0.2) is 0 Å². The minimum absolute atomic E-state index is 0.00125. The largest absolute Gasteiger partial charge is 0.352 e. The number of rotatable bonds is 6. The molecule has 5 heteroatoms. The molecule has 0 radical (unpaired) electrons. The highest BCUT2D eigenvalue weighted by Crippen LogP contribution is 2.22. The summed E-state index contributed by atoms with van der Waals surface area (Å²) < 4.78 is 0. The van der Waals surface area contributed by atoms with Gasteiger partial charge in [-0.15, -0.1) is 0 Å². The third-order valence-electron chi connectivity index (χ3n) is 3.33. The minimum atomic E-state index is -0.0667. The van der Waals surface area contributed by atoms with Gasteiger partial charge in [0.05, 0.1) is 12.6 Å². The summed E-state index contributed by atoms with van der Waals surface area (Å²) in [5.74, 6) is 0.0690. The van der Waals surface area contributed by atoms with Crippen molar-refractivity contribution < 1.29 is 4.79 Å². The Hall–Kier alpha value is -1.46. The maximum Gasteiger partial charge on any atom is 0.234 e. The highest BCUT2D eigenvalue weighted by Gasteiger charge is 2.26. The summed E-state index contributed by atoms with van der Waals surface area (Å²) in [5, 5.41) is 2.99. The van der Waals surface area contributed by atoms with Crippen molar-refractivity contribution >= 4 is 5.91 Å². The third-order valence-corrected chi connectivity index (χ3v) is 3.33. The molecule has 2 rings (SSSR count). The molecule has 1 fully saturated rings. The number of nitrogens with two attached hydrogens (primary N) is 1. The SMILES string of the molecule is CC(N)C(c1cccnc1)N(C)CC(=O)NC1CC1. The van der Waals surface area contributed by atoms with Crippen LogP contribution in [0.4, 0.5) is 0 Å². The van der Waals surface area contributed by atoms with Crippen molar-refractivity contribution in [2.75, 3.05) is 13.6 Å². The Morgan fingerprint density at radius 1 is 1.63 bits per heavy atom. The van der Waals surface area contributed by atoms with Crippen molar-refractivity contribution in [2.24, 2.45) is 5.73 Å². The van der Waals surface area contributed by atoms with Gasteiger partial charge in [0.2, 0.25) is 5.91 Å². The number of hydrogen-bond acceptors (Lipinski definition) is 4. The number of pyridine rings is 1. The lowest BCUT2D eigenvalue weighted by Crippen LogP contribution is -2.43. The summed E-state index contributed by atoms with van der Waals surface area (Å²) in [7, 11) is 1.92. The first-order chi connectivity index (χ1) is 9.08. The van der Waals surface area contributed by atoms with E-state index in [9.17, 15) is 4.79 Å². The molecule has 1 saturated carbocycles. The Morgan fingerprint density at radius 2 is 2.37 bits per heavy atom. The monoisotopic (exact) mass is 262 g/mol. The summed E-state index contributed by atoms with van der Waals surface area (Å²) in [5.41, 5.74) is 7.10. The van der Waals surface area contributed by atoms with Crippen molar-refractivity contribution in [3.05, 3.63) is 30.1 Å².